The van der Waals surface area contributed by atoms with E-state index in [1.807, 2.05) is 36.4 Å². The van der Waals surface area contributed by atoms with E-state index in [0.29, 0.717) is 22.2 Å². The highest BCUT2D eigenvalue weighted by Gasteiger charge is 2.30. The van der Waals surface area contributed by atoms with Gasteiger partial charge in [-0.2, -0.15) is 0 Å². The van der Waals surface area contributed by atoms with Crippen LogP contribution in [0.1, 0.15) is 5.56 Å². The molecule has 0 atom stereocenters. The number of hydrogen-bond acceptors (Lipinski definition) is 3. The minimum atomic E-state index is -0.374. The van der Waals surface area contributed by atoms with Gasteiger partial charge in [-0.25, -0.2) is 4.99 Å². The average molecular weight is 304 g/mol. The molecular weight excluding hydrogens is 292 g/mol. The third kappa shape index (κ3) is 2.32. The van der Waals surface area contributed by atoms with Crippen molar-refractivity contribution in [3.05, 3.63) is 76.8 Å². The van der Waals surface area contributed by atoms with E-state index in [9.17, 15) is 9.59 Å². The van der Waals surface area contributed by atoms with Crippen LogP contribution in [0.2, 0.25) is 0 Å². The number of fused-ring (bicyclic) bond motifs is 2. The number of amides is 2. The molecule has 4 rings (SSSR count). The van der Waals surface area contributed by atoms with Crippen molar-refractivity contribution in [3.63, 3.8) is 0 Å². The van der Waals surface area contributed by atoms with E-state index < -0.39 is 0 Å². The Morgan fingerprint density at radius 2 is 1.70 bits per heavy atom. The van der Waals surface area contributed by atoms with Crippen LogP contribution in [0.25, 0.3) is 11.6 Å². The lowest BCUT2D eigenvalue weighted by molar-refractivity contribution is -0.129. The SMILES string of the molecule is O=C1CN2C(=O)C=C(c3ccccc3)OC2=c2ccccc2=N1. The largest absolute Gasteiger partial charge is 0.439 e. The van der Waals surface area contributed by atoms with E-state index in [2.05, 4.69) is 4.99 Å². The molecule has 2 aromatic carbocycles. The summed E-state index contributed by atoms with van der Waals surface area (Å²) in [6.45, 7) is -0.124. The van der Waals surface area contributed by atoms with Crippen LogP contribution in [0.5, 0.6) is 0 Å². The number of rotatable bonds is 1. The van der Waals surface area contributed by atoms with Gasteiger partial charge in [0.25, 0.3) is 11.8 Å². The van der Waals surface area contributed by atoms with Crippen molar-refractivity contribution in [1.29, 1.82) is 0 Å². The van der Waals surface area contributed by atoms with Crippen LogP contribution in [0.4, 0.5) is 0 Å². The molecule has 0 aliphatic carbocycles. The molecule has 0 aromatic heterocycles. The standard InChI is InChI=1S/C18H12N2O3/c21-16-11-20-17(22)10-15(12-6-2-1-3-7-12)23-18(20)13-8-4-5-9-14(13)19-16/h1-10H,11H2. The Hall–Kier alpha value is -3.21. The van der Waals surface area contributed by atoms with Crippen molar-refractivity contribution in [2.75, 3.05) is 6.54 Å². The van der Waals surface area contributed by atoms with Gasteiger partial charge in [-0.15, -0.1) is 0 Å². The molecule has 2 aliphatic rings. The lowest BCUT2D eigenvalue weighted by atomic mass is 10.1. The molecule has 5 heteroatoms. The molecule has 0 N–H and O–H groups in total. The summed E-state index contributed by atoms with van der Waals surface area (Å²) >= 11 is 0. The highest BCUT2D eigenvalue weighted by molar-refractivity contribution is 6.02. The van der Waals surface area contributed by atoms with Crippen molar-refractivity contribution in [1.82, 2.24) is 4.90 Å². The molecule has 0 saturated heterocycles. The molecule has 23 heavy (non-hydrogen) atoms. The van der Waals surface area contributed by atoms with E-state index in [4.69, 9.17) is 4.74 Å². The Morgan fingerprint density at radius 3 is 2.52 bits per heavy atom. The number of hydrogen-bond donors (Lipinski definition) is 0. The molecule has 0 radical (unpaired) electrons. The van der Waals surface area contributed by atoms with Crippen molar-refractivity contribution in [2.24, 2.45) is 4.99 Å². The summed E-state index contributed by atoms with van der Waals surface area (Å²) in [6.07, 6.45) is 1.40. The number of benzene rings is 2. The van der Waals surface area contributed by atoms with Crippen molar-refractivity contribution in [3.8, 4) is 0 Å². The summed E-state index contributed by atoms with van der Waals surface area (Å²) in [7, 11) is 0. The van der Waals surface area contributed by atoms with Crippen LogP contribution in [0, 0.1) is 0 Å². The summed E-state index contributed by atoms with van der Waals surface area (Å²) in [5, 5.41) is 1.14. The smallest absolute Gasteiger partial charge is 0.266 e. The third-order valence-corrected chi connectivity index (χ3v) is 3.70. The molecule has 0 spiro atoms. The number of para-hydroxylation sites is 1. The number of carbonyl (C=O) groups is 2. The molecule has 2 heterocycles. The fourth-order valence-electron chi connectivity index (χ4n) is 2.63. The fourth-order valence-corrected chi connectivity index (χ4v) is 2.63. The van der Waals surface area contributed by atoms with Crippen molar-refractivity contribution < 1.29 is 14.3 Å². The quantitative estimate of drug-likeness (QED) is 0.783. The minimum absolute atomic E-state index is 0.124. The van der Waals surface area contributed by atoms with E-state index >= 15 is 0 Å². The zero-order chi connectivity index (χ0) is 15.8. The number of nitrogens with zero attached hydrogens (tertiary/aromatic N) is 2. The predicted octanol–water partition coefficient (Wildman–Crippen LogP) is 0.812. The van der Waals surface area contributed by atoms with E-state index in [-0.39, 0.29) is 18.4 Å². The van der Waals surface area contributed by atoms with Gasteiger partial charge >= 0.3 is 0 Å². The van der Waals surface area contributed by atoms with Gasteiger partial charge < -0.3 is 4.74 Å². The van der Waals surface area contributed by atoms with E-state index in [1.165, 1.54) is 11.0 Å². The first-order chi connectivity index (χ1) is 11.2. The highest BCUT2D eigenvalue weighted by atomic mass is 16.5. The summed E-state index contributed by atoms with van der Waals surface area (Å²) in [5.41, 5.74) is 0.804. The molecule has 2 aromatic rings. The van der Waals surface area contributed by atoms with E-state index in [1.54, 1.807) is 18.2 Å². The van der Waals surface area contributed by atoms with Gasteiger partial charge in [0.15, 0.2) is 0 Å². The van der Waals surface area contributed by atoms with Crippen LogP contribution in [-0.2, 0) is 14.3 Å². The Balaban J connectivity index is 1.95. The number of carbonyl (C=O) groups excluding carboxylic acids is 2. The Bertz CT molecular complexity index is 961. The maximum Gasteiger partial charge on any atom is 0.266 e. The second kappa shape index (κ2) is 5.21. The predicted molar refractivity (Wildman–Crippen MR) is 82.9 cm³/mol. The molecule has 2 amide bonds. The fraction of sp³-hybridized carbons (Fsp3) is 0.0556. The maximum absolute atomic E-state index is 12.5. The monoisotopic (exact) mass is 304 g/mol. The van der Waals surface area contributed by atoms with Gasteiger partial charge in [-0.3, -0.25) is 14.5 Å². The normalized spacial score (nSPS) is 16.6. The van der Waals surface area contributed by atoms with Gasteiger partial charge in [0.1, 0.15) is 12.3 Å². The first kappa shape index (κ1) is 13.5. The van der Waals surface area contributed by atoms with Crippen LogP contribution in [0.15, 0.2) is 65.7 Å². The molecule has 0 bridgehead atoms. The van der Waals surface area contributed by atoms with Gasteiger partial charge in [-0.05, 0) is 12.1 Å². The van der Waals surface area contributed by atoms with Crippen molar-refractivity contribution in [2.45, 2.75) is 0 Å². The molecule has 0 fully saturated rings. The third-order valence-electron chi connectivity index (χ3n) is 3.70. The van der Waals surface area contributed by atoms with Crippen LogP contribution >= 0.6 is 0 Å². The topological polar surface area (TPSA) is 59.0 Å². The lowest BCUT2D eigenvalue weighted by Crippen LogP contribution is -2.39. The molecular formula is C18H12N2O3. The first-order valence-corrected chi connectivity index (χ1v) is 7.20. The molecule has 2 aliphatic heterocycles. The summed E-state index contributed by atoms with van der Waals surface area (Å²) < 4.78 is 5.97. The summed E-state index contributed by atoms with van der Waals surface area (Å²) in [6, 6.07) is 16.5. The zero-order valence-electron chi connectivity index (χ0n) is 12.1. The van der Waals surface area contributed by atoms with Gasteiger partial charge in [0, 0.05) is 11.6 Å². The van der Waals surface area contributed by atoms with Gasteiger partial charge in [0.2, 0.25) is 5.88 Å². The highest BCUT2D eigenvalue weighted by Crippen LogP contribution is 2.26. The minimum Gasteiger partial charge on any atom is -0.439 e. The summed E-state index contributed by atoms with van der Waals surface area (Å²) in [5.74, 6) is 0.152. The molecule has 5 nitrogen and oxygen atoms in total. The summed E-state index contributed by atoms with van der Waals surface area (Å²) in [4.78, 5) is 29.8. The van der Waals surface area contributed by atoms with E-state index in [0.717, 1.165) is 5.56 Å². The second-order valence-electron chi connectivity index (χ2n) is 5.23. The zero-order valence-corrected chi connectivity index (χ0v) is 12.1. The maximum atomic E-state index is 12.5. The van der Waals surface area contributed by atoms with Crippen LogP contribution in [-0.4, -0.2) is 23.3 Å². The second-order valence-corrected chi connectivity index (χ2v) is 5.23. The van der Waals surface area contributed by atoms with Crippen LogP contribution in [0.3, 0.4) is 0 Å². The van der Waals surface area contributed by atoms with Crippen molar-refractivity contribution >= 4 is 23.5 Å². The first-order valence-electron chi connectivity index (χ1n) is 7.20. The molecule has 0 saturated carbocycles. The number of ether oxygens (including phenoxy) is 1. The Morgan fingerprint density at radius 1 is 0.957 bits per heavy atom. The van der Waals surface area contributed by atoms with Gasteiger partial charge in [0.05, 0.1) is 10.6 Å². The molecule has 112 valence electrons. The lowest BCUT2D eigenvalue weighted by Gasteiger charge is -2.27. The molecule has 0 unspecified atom stereocenters. The Kier molecular flexibility index (Phi) is 3.05. The Labute approximate surface area is 131 Å². The van der Waals surface area contributed by atoms with Gasteiger partial charge in [-0.1, -0.05) is 42.5 Å². The average Bonchev–Trinajstić information content (AvgIpc) is 2.72. The van der Waals surface area contributed by atoms with Crippen LogP contribution < -0.4 is 10.6 Å².